The van der Waals surface area contributed by atoms with Gasteiger partial charge in [0.1, 0.15) is 0 Å². The van der Waals surface area contributed by atoms with Gasteiger partial charge in [-0.3, -0.25) is 0 Å². The number of rotatable bonds is 10. The van der Waals surface area contributed by atoms with Gasteiger partial charge < -0.3 is 25.4 Å². The van der Waals surface area contributed by atoms with E-state index in [0.29, 0.717) is 36.2 Å². The van der Waals surface area contributed by atoms with E-state index < -0.39 is 12.9 Å². The van der Waals surface area contributed by atoms with Crippen LogP contribution in [0.4, 0.5) is 15.8 Å². The number of nitrogens with two attached hydrogens (primary N) is 1. The zero-order valence-corrected chi connectivity index (χ0v) is 15.6. The minimum atomic E-state index is -1.27. The first-order chi connectivity index (χ1) is 12.9. The minimum absolute atomic E-state index is 0.180. The van der Waals surface area contributed by atoms with Crippen molar-refractivity contribution < 1.29 is 19.2 Å². The average Bonchev–Trinajstić information content (AvgIpc) is 2.64. The number of hydrogen-bond donors (Lipinski definition) is 3. The first-order valence-corrected chi connectivity index (χ1v) is 8.95. The van der Waals surface area contributed by atoms with Gasteiger partial charge in [0.15, 0.2) is 11.6 Å². The Morgan fingerprint density at radius 1 is 1.19 bits per heavy atom. The number of benzene rings is 2. The summed E-state index contributed by atoms with van der Waals surface area (Å²) >= 11 is 0. The highest BCUT2D eigenvalue weighted by Crippen LogP contribution is 2.31. The van der Waals surface area contributed by atoms with Crippen LogP contribution in [0.3, 0.4) is 0 Å². The summed E-state index contributed by atoms with van der Waals surface area (Å²) in [7, 11) is 0.149. The van der Waals surface area contributed by atoms with Gasteiger partial charge in [-0.05, 0) is 43.1 Å². The Morgan fingerprint density at radius 3 is 2.56 bits per heavy atom. The van der Waals surface area contributed by atoms with Gasteiger partial charge in [0.05, 0.1) is 18.5 Å². The van der Waals surface area contributed by atoms with Crippen LogP contribution in [0.25, 0.3) is 5.70 Å². The molecule has 4 N–H and O–H groups in total. The maximum atomic E-state index is 14.1. The lowest BCUT2D eigenvalue weighted by Crippen LogP contribution is -2.23. The molecule has 0 bridgehead atoms. The molecule has 0 aliphatic rings. The number of ether oxygens (including phenoxy) is 1. The first kappa shape index (κ1) is 20.8. The van der Waals surface area contributed by atoms with Crippen molar-refractivity contribution in [3.63, 3.8) is 0 Å². The first-order valence-electron chi connectivity index (χ1n) is 8.95. The van der Waals surface area contributed by atoms with E-state index in [4.69, 9.17) is 20.5 Å². The van der Waals surface area contributed by atoms with Crippen molar-refractivity contribution in [3.8, 4) is 5.75 Å². The molecule has 0 aliphatic carbocycles. The molecule has 0 unspecified atom stereocenters. The van der Waals surface area contributed by atoms with Crippen molar-refractivity contribution in [3.05, 3.63) is 60.4 Å². The van der Waals surface area contributed by atoms with Crippen LogP contribution < -0.4 is 15.4 Å². The Bertz CT molecular complexity index is 771. The predicted molar refractivity (Wildman–Crippen MR) is 109 cm³/mol. The van der Waals surface area contributed by atoms with Gasteiger partial charge in [-0.15, -0.1) is 0 Å². The second-order valence-electron chi connectivity index (χ2n) is 6.34. The van der Waals surface area contributed by atoms with E-state index in [2.05, 4.69) is 6.58 Å². The number of anilines is 2. The van der Waals surface area contributed by atoms with Crippen LogP contribution in [0.15, 0.2) is 49.0 Å². The number of nitrogen functional groups attached to an aromatic ring is 1. The average molecular weight is 372 g/mol. The van der Waals surface area contributed by atoms with E-state index in [0.717, 1.165) is 18.5 Å². The van der Waals surface area contributed by atoms with Crippen LogP contribution in [0, 0.1) is 5.82 Å². The summed E-state index contributed by atoms with van der Waals surface area (Å²) < 4.78 is 19.1. The number of para-hydroxylation sites is 2. The fraction of sp³-hybridized carbons (Fsp3) is 0.300. The molecule has 0 spiro atoms. The molecule has 0 radical (unpaired) electrons. The van der Waals surface area contributed by atoms with Crippen molar-refractivity contribution >= 4 is 24.2 Å². The Morgan fingerprint density at radius 2 is 1.93 bits per heavy atom. The summed E-state index contributed by atoms with van der Waals surface area (Å²) in [5, 5.41) is 17.9. The van der Waals surface area contributed by atoms with Gasteiger partial charge in [0.25, 0.3) is 0 Å². The number of hydrogen-bond acceptors (Lipinski definition) is 5. The van der Waals surface area contributed by atoms with Gasteiger partial charge in [-0.2, -0.15) is 0 Å². The topological polar surface area (TPSA) is 79.0 Å². The largest absolute Gasteiger partial charge is 0.494 e. The van der Waals surface area contributed by atoms with Gasteiger partial charge >= 0.3 is 7.12 Å². The maximum Gasteiger partial charge on any atom is 0.451 e. The molecule has 0 heterocycles. The van der Waals surface area contributed by atoms with Gasteiger partial charge in [-0.1, -0.05) is 31.6 Å². The van der Waals surface area contributed by atoms with Crippen molar-refractivity contribution in [2.75, 3.05) is 24.3 Å². The highest BCUT2D eigenvalue weighted by molar-refractivity contribution is 6.40. The molecule has 144 valence electrons. The van der Waals surface area contributed by atoms with Crippen molar-refractivity contribution in [1.29, 1.82) is 0 Å². The molecule has 2 rings (SSSR count). The van der Waals surface area contributed by atoms with E-state index >= 15 is 0 Å². The van der Waals surface area contributed by atoms with Gasteiger partial charge in [0.2, 0.25) is 0 Å². The van der Waals surface area contributed by atoms with E-state index in [1.54, 1.807) is 12.1 Å². The quantitative estimate of drug-likeness (QED) is 0.338. The minimum Gasteiger partial charge on any atom is -0.494 e. The van der Waals surface area contributed by atoms with E-state index in [9.17, 15) is 4.39 Å². The SMILES string of the molecule is C=C(c1ccc(OC)c(F)c1)N(CCCCCB(O)O)c1ccccc1N. The van der Waals surface area contributed by atoms with Crippen molar-refractivity contribution in [1.82, 2.24) is 0 Å². The molecule has 0 fully saturated rings. The molecular weight excluding hydrogens is 346 g/mol. The number of halogens is 1. The molecule has 0 saturated heterocycles. The summed E-state index contributed by atoms with van der Waals surface area (Å²) in [6, 6.07) is 12.2. The molecule has 5 nitrogen and oxygen atoms in total. The Kier molecular flexibility index (Phi) is 7.70. The predicted octanol–water partition coefficient (Wildman–Crippen LogP) is 3.54. The standard InChI is InChI=1S/C20H26BFN2O3/c1-15(16-10-11-20(27-2)17(22)14-16)24(13-7-3-6-12-21(25)26)19-9-5-4-8-18(19)23/h4-5,8-11,14,25-26H,1,3,6-7,12-13,23H2,2H3. The smallest absolute Gasteiger partial charge is 0.451 e. The zero-order chi connectivity index (χ0) is 19.8. The summed E-state index contributed by atoms with van der Waals surface area (Å²) in [5.74, 6) is -0.269. The van der Waals surface area contributed by atoms with Crippen LogP contribution in [-0.2, 0) is 0 Å². The van der Waals surface area contributed by atoms with Crippen molar-refractivity contribution in [2.24, 2.45) is 0 Å². The molecule has 2 aromatic rings. The third-order valence-electron chi connectivity index (χ3n) is 4.38. The molecule has 0 aliphatic heterocycles. The fourth-order valence-corrected chi connectivity index (χ4v) is 2.91. The lowest BCUT2D eigenvalue weighted by atomic mass is 9.83. The van der Waals surface area contributed by atoms with E-state index in [1.165, 1.54) is 13.2 Å². The van der Waals surface area contributed by atoms with E-state index in [1.807, 2.05) is 29.2 Å². The maximum absolute atomic E-state index is 14.1. The van der Waals surface area contributed by atoms with Crippen LogP contribution >= 0.6 is 0 Å². The van der Waals surface area contributed by atoms with Crippen LogP contribution in [0.1, 0.15) is 24.8 Å². The summed E-state index contributed by atoms with van der Waals surface area (Å²) in [6.07, 6.45) is 2.68. The van der Waals surface area contributed by atoms with Crippen molar-refractivity contribution in [2.45, 2.75) is 25.6 Å². The second-order valence-corrected chi connectivity index (χ2v) is 6.34. The fourth-order valence-electron chi connectivity index (χ4n) is 2.91. The van der Waals surface area contributed by atoms with Gasteiger partial charge in [0, 0.05) is 17.8 Å². The molecule has 0 saturated carbocycles. The monoisotopic (exact) mass is 372 g/mol. The van der Waals surface area contributed by atoms with Crippen LogP contribution in [-0.4, -0.2) is 30.8 Å². The molecule has 0 amide bonds. The lowest BCUT2D eigenvalue weighted by molar-refractivity contribution is 0.386. The summed E-state index contributed by atoms with van der Waals surface area (Å²) in [4.78, 5) is 1.96. The van der Waals surface area contributed by atoms with Crippen LogP contribution in [0.2, 0.25) is 6.32 Å². The highest BCUT2D eigenvalue weighted by Gasteiger charge is 2.16. The van der Waals surface area contributed by atoms with E-state index in [-0.39, 0.29) is 5.75 Å². The number of unbranched alkanes of at least 4 members (excludes halogenated alkanes) is 2. The Hall–Kier alpha value is -2.51. The van der Waals surface area contributed by atoms with Gasteiger partial charge in [-0.25, -0.2) is 4.39 Å². The molecule has 0 atom stereocenters. The third kappa shape index (κ3) is 5.74. The molecule has 7 heteroatoms. The Balaban J connectivity index is 2.19. The third-order valence-corrected chi connectivity index (χ3v) is 4.38. The molecular formula is C20H26BFN2O3. The summed E-state index contributed by atoms with van der Waals surface area (Å²) in [6.45, 7) is 4.78. The van der Waals surface area contributed by atoms with Crippen LogP contribution in [0.5, 0.6) is 5.75 Å². The number of methoxy groups -OCH3 is 1. The summed E-state index contributed by atoms with van der Waals surface area (Å²) in [5.41, 5.74) is 8.83. The Labute approximate surface area is 160 Å². The lowest BCUT2D eigenvalue weighted by Gasteiger charge is -2.28. The molecule has 0 aromatic heterocycles. The molecule has 2 aromatic carbocycles. The normalized spacial score (nSPS) is 10.5. The highest BCUT2D eigenvalue weighted by atomic mass is 19.1. The molecule has 27 heavy (non-hydrogen) atoms. The second kappa shape index (κ2) is 9.99. The zero-order valence-electron chi connectivity index (χ0n) is 15.6. The number of nitrogens with zero attached hydrogens (tertiary/aromatic N) is 1.